The van der Waals surface area contributed by atoms with E-state index in [2.05, 4.69) is 12.2 Å². The number of hydrogen-bond donors (Lipinski definition) is 1. The van der Waals surface area contributed by atoms with Crippen LogP contribution < -0.4 is 10.1 Å². The average molecular weight is 317 g/mol. The average Bonchev–Trinajstić information content (AvgIpc) is 2.55. The molecule has 0 radical (unpaired) electrons. The zero-order valence-corrected chi connectivity index (χ0v) is 13.5. The molecule has 22 heavy (non-hydrogen) atoms. The van der Waals surface area contributed by atoms with E-state index in [4.69, 9.17) is 17.0 Å². The summed E-state index contributed by atoms with van der Waals surface area (Å²) in [6.45, 7) is 3.45. The van der Waals surface area contributed by atoms with Gasteiger partial charge in [0, 0.05) is 12.1 Å². The molecule has 1 N–H and O–H groups in total. The van der Waals surface area contributed by atoms with E-state index in [1.165, 1.54) is 12.1 Å². The quantitative estimate of drug-likeness (QED) is 0.601. The fourth-order valence-electron chi connectivity index (χ4n) is 1.92. The second kappa shape index (κ2) is 8.49. The summed E-state index contributed by atoms with van der Waals surface area (Å²) in [4.78, 5) is 0.671. The van der Waals surface area contributed by atoms with E-state index in [9.17, 15) is 4.39 Å². The van der Waals surface area contributed by atoms with Gasteiger partial charge in [0.2, 0.25) is 0 Å². The monoisotopic (exact) mass is 317 g/mol. The van der Waals surface area contributed by atoms with E-state index in [0.717, 1.165) is 36.3 Å². The number of nitrogens with one attached hydrogen (secondary N) is 1. The maximum absolute atomic E-state index is 12.8. The Labute approximate surface area is 136 Å². The summed E-state index contributed by atoms with van der Waals surface area (Å²) in [7, 11) is 0. The molecular formula is C18H20FNOS. The summed E-state index contributed by atoms with van der Waals surface area (Å²) in [5, 5.41) is 3.17. The fourth-order valence-corrected chi connectivity index (χ4v) is 2.13. The van der Waals surface area contributed by atoms with Crippen molar-refractivity contribution in [2.45, 2.75) is 26.3 Å². The summed E-state index contributed by atoms with van der Waals surface area (Å²) in [6.07, 6.45) is 2.18. The molecule has 2 nitrogen and oxygen atoms in total. The standard InChI is InChI=1S/C18H20FNOS/c1-2-3-12-21-17-10-6-15(7-11-17)18(22)20-13-14-4-8-16(19)9-5-14/h4-11H,2-3,12-13H2,1H3,(H,20,22). The minimum absolute atomic E-state index is 0.231. The summed E-state index contributed by atoms with van der Waals surface area (Å²) < 4.78 is 18.5. The van der Waals surface area contributed by atoms with Crippen molar-refractivity contribution in [2.75, 3.05) is 6.61 Å². The number of thiocarbonyl (C=S) groups is 1. The summed E-state index contributed by atoms with van der Waals surface area (Å²) in [5.74, 6) is 0.628. The van der Waals surface area contributed by atoms with E-state index < -0.39 is 0 Å². The first-order chi connectivity index (χ1) is 10.7. The van der Waals surface area contributed by atoms with E-state index in [-0.39, 0.29) is 5.82 Å². The molecule has 0 atom stereocenters. The Bertz CT molecular complexity index is 595. The first-order valence-electron chi connectivity index (χ1n) is 7.44. The highest BCUT2D eigenvalue weighted by molar-refractivity contribution is 7.80. The second-order valence-electron chi connectivity index (χ2n) is 5.04. The molecule has 4 heteroatoms. The summed E-state index contributed by atoms with van der Waals surface area (Å²) in [5.41, 5.74) is 1.93. The second-order valence-corrected chi connectivity index (χ2v) is 5.44. The van der Waals surface area contributed by atoms with Gasteiger partial charge in [-0.3, -0.25) is 0 Å². The molecule has 0 aliphatic rings. The Morgan fingerprint density at radius 1 is 1.09 bits per heavy atom. The summed E-state index contributed by atoms with van der Waals surface area (Å²) in [6, 6.07) is 14.1. The van der Waals surface area contributed by atoms with Crippen LogP contribution in [0.5, 0.6) is 5.75 Å². The maximum Gasteiger partial charge on any atom is 0.123 e. The van der Waals surface area contributed by atoms with Gasteiger partial charge in [0.05, 0.1) is 6.61 Å². The van der Waals surface area contributed by atoms with Gasteiger partial charge < -0.3 is 10.1 Å². The van der Waals surface area contributed by atoms with Crippen molar-refractivity contribution in [2.24, 2.45) is 0 Å². The van der Waals surface area contributed by atoms with Crippen LogP contribution >= 0.6 is 12.2 Å². The Morgan fingerprint density at radius 2 is 1.77 bits per heavy atom. The van der Waals surface area contributed by atoms with Crippen LogP contribution in [-0.2, 0) is 6.54 Å². The first-order valence-corrected chi connectivity index (χ1v) is 7.85. The number of rotatable bonds is 7. The highest BCUT2D eigenvalue weighted by atomic mass is 32.1. The van der Waals surface area contributed by atoms with Gasteiger partial charge in [0.15, 0.2) is 0 Å². The van der Waals surface area contributed by atoms with Crippen LogP contribution in [0.1, 0.15) is 30.9 Å². The van der Waals surface area contributed by atoms with Gasteiger partial charge >= 0.3 is 0 Å². The van der Waals surface area contributed by atoms with Crippen molar-refractivity contribution in [3.8, 4) is 5.75 Å². The van der Waals surface area contributed by atoms with E-state index in [1.54, 1.807) is 12.1 Å². The molecule has 0 amide bonds. The Balaban J connectivity index is 1.85. The van der Waals surface area contributed by atoms with Crippen LogP contribution in [0, 0.1) is 5.82 Å². The topological polar surface area (TPSA) is 21.3 Å². The van der Waals surface area contributed by atoms with Crippen LogP contribution in [0.25, 0.3) is 0 Å². The first kappa shape index (κ1) is 16.4. The minimum atomic E-state index is -0.231. The normalized spacial score (nSPS) is 10.3. The van der Waals surface area contributed by atoms with Gasteiger partial charge in [-0.1, -0.05) is 37.7 Å². The van der Waals surface area contributed by atoms with Crippen LogP contribution in [-0.4, -0.2) is 11.6 Å². The zero-order valence-electron chi connectivity index (χ0n) is 12.6. The highest BCUT2D eigenvalue weighted by Crippen LogP contribution is 2.13. The predicted molar refractivity (Wildman–Crippen MR) is 91.8 cm³/mol. The van der Waals surface area contributed by atoms with Crippen molar-refractivity contribution in [3.05, 3.63) is 65.5 Å². The van der Waals surface area contributed by atoms with Gasteiger partial charge in [0.1, 0.15) is 16.6 Å². The lowest BCUT2D eigenvalue weighted by molar-refractivity contribution is 0.309. The van der Waals surface area contributed by atoms with Gasteiger partial charge in [-0.2, -0.15) is 0 Å². The summed E-state index contributed by atoms with van der Waals surface area (Å²) >= 11 is 5.37. The smallest absolute Gasteiger partial charge is 0.123 e. The third-order valence-electron chi connectivity index (χ3n) is 3.25. The van der Waals surface area contributed by atoms with Crippen LogP contribution in [0.3, 0.4) is 0 Å². The molecular weight excluding hydrogens is 297 g/mol. The van der Waals surface area contributed by atoms with Gasteiger partial charge in [-0.15, -0.1) is 0 Å². The molecule has 0 aliphatic heterocycles. The molecule has 116 valence electrons. The SMILES string of the molecule is CCCCOc1ccc(C(=S)NCc2ccc(F)cc2)cc1. The lowest BCUT2D eigenvalue weighted by Gasteiger charge is -2.10. The van der Waals surface area contributed by atoms with Crippen LogP contribution in [0.4, 0.5) is 4.39 Å². The molecule has 0 saturated carbocycles. The van der Waals surface area contributed by atoms with E-state index in [0.29, 0.717) is 11.5 Å². The fraction of sp³-hybridized carbons (Fsp3) is 0.278. The van der Waals surface area contributed by atoms with Gasteiger partial charge in [-0.05, 0) is 48.4 Å². The van der Waals surface area contributed by atoms with E-state index in [1.807, 2.05) is 24.3 Å². The van der Waals surface area contributed by atoms with Crippen molar-refractivity contribution < 1.29 is 9.13 Å². The van der Waals surface area contributed by atoms with Crippen molar-refractivity contribution in [3.63, 3.8) is 0 Å². The van der Waals surface area contributed by atoms with Crippen molar-refractivity contribution in [1.29, 1.82) is 0 Å². The zero-order chi connectivity index (χ0) is 15.8. The lowest BCUT2D eigenvalue weighted by Crippen LogP contribution is -2.21. The Kier molecular flexibility index (Phi) is 6.34. The van der Waals surface area contributed by atoms with Crippen molar-refractivity contribution in [1.82, 2.24) is 5.32 Å². The van der Waals surface area contributed by atoms with E-state index >= 15 is 0 Å². The van der Waals surface area contributed by atoms with Gasteiger partial charge in [-0.25, -0.2) is 4.39 Å². The molecule has 0 bridgehead atoms. The molecule has 0 spiro atoms. The number of unbranched alkanes of at least 4 members (excludes halogenated alkanes) is 1. The third kappa shape index (κ3) is 5.11. The third-order valence-corrected chi connectivity index (χ3v) is 3.63. The molecule has 0 heterocycles. The molecule has 0 aromatic heterocycles. The Morgan fingerprint density at radius 3 is 2.41 bits per heavy atom. The largest absolute Gasteiger partial charge is 0.494 e. The van der Waals surface area contributed by atoms with Crippen LogP contribution in [0.2, 0.25) is 0 Å². The van der Waals surface area contributed by atoms with Gasteiger partial charge in [0.25, 0.3) is 0 Å². The van der Waals surface area contributed by atoms with Crippen molar-refractivity contribution >= 4 is 17.2 Å². The molecule has 2 rings (SSSR count). The molecule has 0 saturated heterocycles. The highest BCUT2D eigenvalue weighted by Gasteiger charge is 2.02. The molecule has 0 aliphatic carbocycles. The number of hydrogen-bond acceptors (Lipinski definition) is 2. The Hall–Kier alpha value is -1.94. The maximum atomic E-state index is 12.8. The number of benzene rings is 2. The molecule has 0 fully saturated rings. The molecule has 2 aromatic carbocycles. The predicted octanol–water partition coefficient (Wildman–Crippen LogP) is 4.47. The lowest BCUT2D eigenvalue weighted by atomic mass is 10.2. The molecule has 0 unspecified atom stereocenters. The molecule has 2 aromatic rings. The number of ether oxygens (including phenoxy) is 1. The minimum Gasteiger partial charge on any atom is -0.494 e. The van der Waals surface area contributed by atoms with Crippen LogP contribution in [0.15, 0.2) is 48.5 Å². The number of halogens is 1.